The highest BCUT2D eigenvalue weighted by Crippen LogP contribution is 2.25. The molecule has 3 rings (SSSR count). The lowest BCUT2D eigenvalue weighted by Crippen LogP contribution is -2.25. The van der Waals surface area contributed by atoms with Gasteiger partial charge in [0.05, 0.1) is 11.0 Å². The van der Waals surface area contributed by atoms with E-state index in [0.29, 0.717) is 12.1 Å². The van der Waals surface area contributed by atoms with Crippen LogP contribution in [0.1, 0.15) is 38.6 Å². The Bertz CT molecular complexity index is 582. The van der Waals surface area contributed by atoms with Crippen LogP contribution in [-0.4, -0.2) is 22.1 Å². The molecule has 1 aliphatic heterocycles. The number of hydrogen-bond donors (Lipinski definition) is 1. The van der Waals surface area contributed by atoms with Gasteiger partial charge in [0.25, 0.3) is 0 Å². The summed E-state index contributed by atoms with van der Waals surface area (Å²) in [6, 6.07) is 6.98. The summed E-state index contributed by atoms with van der Waals surface area (Å²) >= 11 is 6.07. The van der Waals surface area contributed by atoms with Crippen molar-refractivity contribution in [2.45, 2.75) is 45.2 Å². The van der Waals surface area contributed by atoms with Gasteiger partial charge in [0, 0.05) is 23.5 Å². The fourth-order valence-electron chi connectivity index (χ4n) is 2.99. The highest BCUT2D eigenvalue weighted by atomic mass is 35.5. The Morgan fingerprint density at radius 2 is 2.32 bits per heavy atom. The summed E-state index contributed by atoms with van der Waals surface area (Å²) < 4.78 is 2.34. The summed E-state index contributed by atoms with van der Waals surface area (Å²) in [7, 11) is 0. The number of benzene rings is 1. The molecule has 1 fully saturated rings. The predicted molar refractivity (Wildman–Crippen MR) is 79.9 cm³/mol. The second-order valence-corrected chi connectivity index (χ2v) is 6.06. The van der Waals surface area contributed by atoms with Gasteiger partial charge >= 0.3 is 0 Å². The maximum absolute atomic E-state index is 6.07. The topological polar surface area (TPSA) is 29.9 Å². The number of imidazole rings is 1. The summed E-state index contributed by atoms with van der Waals surface area (Å²) in [4.78, 5) is 4.80. The summed E-state index contributed by atoms with van der Waals surface area (Å²) in [5.41, 5.74) is 2.20. The first-order chi connectivity index (χ1) is 9.15. The van der Waals surface area contributed by atoms with Gasteiger partial charge in [-0.3, -0.25) is 0 Å². The zero-order valence-electron chi connectivity index (χ0n) is 11.5. The Morgan fingerprint density at radius 3 is 3.00 bits per heavy atom. The number of rotatable bonds is 3. The minimum atomic E-state index is 0.419. The van der Waals surface area contributed by atoms with Gasteiger partial charge in [-0.05, 0) is 51.4 Å². The van der Waals surface area contributed by atoms with Crippen molar-refractivity contribution in [1.29, 1.82) is 0 Å². The molecule has 19 heavy (non-hydrogen) atoms. The number of nitrogens with zero attached hydrogens (tertiary/aromatic N) is 2. The van der Waals surface area contributed by atoms with Crippen molar-refractivity contribution in [1.82, 2.24) is 14.9 Å². The zero-order valence-corrected chi connectivity index (χ0v) is 12.2. The maximum Gasteiger partial charge on any atom is 0.111 e. The van der Waals surface area contributed by atoms with E-state index in [9.17, 15) is 0 Å². The van der Waals surface area contributed by atoms with Gasteiger partial charge < -0.3 is 9.88 Å². The quantitative estimate of drug-likeness (QED) is 0.930. The van der Waals surface area contributed by atoms with Crippen molar-refractivity contribution >= 4 is 22.6 Å². The van der Waals surface area contributed by atoms with E-state index in [0.717, 1.165) is 23.5 Å². The molecule has 3 nitrogen and oxygen atoms in total. The van der Waals surface area contributed by atoms with Crippen LogP contribution in [0.3, 0.4) is 0 Å². The van der Waals surface area contributed by atoms with Gasteiger partial charge in [0.1, 0.15) is 5.82 Å². The molecule has 1 aliphatic rings. The number of halogens is 1. The molecule has 1 aromatic heterocycles. The summed E-state index contributed by atoms with van der Waals surface area (Å²) in [5, 5.41) is 4.30. The van der Waals surface area contributed by atoms with Gasteiger partial charge in [-0.2, -0.15) is 0 Å². The van der Waals surface area contributed by atoms with Crippen molar-refractivity contribution in [3.05, 3.63) is 29.0 Å². The van der Waals surface area contributed by atoms with Crippen LogP contribution in [0.2, 0.25) is 5.02 Å². The van der Waals surface area contributed by atoms with E-state index in [1.165, 1.54) is 24.2 Å². The highest BCUT2D eigenvalue weighted by molar-refractivity contribution is 6.31. The van der Waals surface area contributed by atoms with Crippen LogP contribution in [0.15, 0.2) is 18.2 Å². The van der Waals surface area contributed by atoms with E-state index in [2.05, 4.69) is 29.8 Å². The smallest absolute Gasteiger partial charge is 0.111 e. The second kappa shape index (κ2) is 5.14. The number of nitrogens with one attached hydrogen (secondary N) is 1. The van der Waals surface area contributed by atoms with Gasteiger partial charge in [-0.1, -0.05) is 11.6 Å². The molecule has 2 heterocycles. The van der Waals surface area contributed by atoms with Gasteiger partial charge in [0.2, 0.25) is 0 Å². The lowest BCUT2D eigenvalue weighted by molar-refractivity contribution is 0.530. The third-order valence-electron chi connectivity index (χ3n) is 3.83. The predicted octanol–water partition coefficient (Wildman–Crippen LogP) is 3.57. The third-order valence-corrected chi connectivity index (χ3v) is 4.07. The monoisotopic (exact) mass is 277 g/mol. The lowest BCUT2D eigenvalue weighted by atomic mass is 10.1. The van der Waals surface area contributed by atoms with E-state index < -0.39 is 0 Å². The molecule has 0 saturated carbocycles. The Balaban J connectivity index is 2.03. The standard InChI is InChI=1S/C15H20ClN3/c1-10(2)19-14-6-5-11(16)8-13(14)18-15(19)9-12-4-3-7-17-12/h5-6,8,10,12,17H,3-4,7,9H2,1-2H3. The summed E-state index contributed by atoms with van der Waals surface area (Å²) in [5.74, 6) is 1.17. The van der Waals surface area contributed by atoms with Crippen LogP contribution >= 0.6 is 11.6 Å². The van der Waals surface area contributed by atoms with Crippen molar-refractivity contribution in [3.63, 3.8) is 0 Å². The van der Waals surface area contributed by atoms with Gasteiger partial charge in [0.15, 0.2) is 0 Å². The Hall–Kier alpha value is -1.06. The van der Waals surface area contributed by atoms with Crippen molar-refractivity contribution in [3.8, 4) is 0 Å². The molecule has 4 heteroatoms. The van der Waals surface area contributed by atoms with Crippen LogP contribution in [0, 0.1) is 0 Å². The molecule has 1 atom stereocenters. The minimum absolute atomic E-state index is 0.419. The van der Waals surface area contributed by atoms with E-state index in [-0.39, 0.29) is 0 Å². The molecule has 1 saturated heterocycles. The van der Waals surface area contributed by atoms with E-state index in [1.807, 2.05) is 12.1 Å². The molecule has 0 aliphatic carbocycles. The molecule has 0 radical (unpaired) electrons. The Kier molecular flexibility index (Phi) is 3.50. The van der Waals surface area contributed by atoms with E-state index in [4.69, 9.17) is 16.6 Å². The number of aromatic nitrogens is 2. The van der Waals surface area contributed by atoms with Crippen LogP contribution in [0.25, 0.3) is 11.0 Å². The normalized spacial score (nSPS) is 19.7. The first-order valence-electron chi connectivity index (χ1n) is 7.05. The largest absolute Gasteiger partial charge is 0.325 e. The Morgan fingerprint density at radius 1 is 1.47 bits per heavy atom. The van der Waals surface area contributed by atoms with Crippen molar-refractivity contribution in [2.75, 3.05) is 6.54 Å². The lowest BCUT2D eigenvalue weighted by Gasteiger charge is -2.15. The number of hydrogen-bond acceptors (Lipinski definition) is 2. The van der Waals surface area contributed by atoms with Crippen LogP contribution < -0.4 is 5.32 Å². The van der Waals surface area contributed by atoms with Gasteiger partial charge in [-0.15, -0.1) is 0 Å². The van der Waals surface area contributed by atoms with Crippen LogP contribution in [-0.2, 0) is 6.42 Å². The molecule has 1 aromatic carbocycles. The average Bonchev–Trinajstić information content (AvgIpc) is 2.95. The van der Waals surface area contributed by atoms with Crippen LogP contribution in [0.4, 0.5) is 0 Å². The SMILES string of the molecule is CC(C)n1c(CC2CCCN2)nc2cc(Cl)ccc21. The number of fused-ring (bicyclic) bond motifs is 1. The molecular weight excluding hydrogens is 258 g/mol. The van der Waals surface area contributed by atoms with E-state index >= 15 is 0 Å². The highest BCUT2D eigenvalue weighted by Gasteiger charge is 2.20. The van der Waals surface area contributed by atoms with Crippen molar-refractivity contribution in [2.24, 2.45) is 0 Å². The first-order valence-corrected chi connectivity index (χ1v) is 7.42. The molecule has 0 amide bonds. The molecule has 0 bridgehead atoms. The minimum Gasteiger partial charge on any atom is -0.325 e. The fourth-order valence-corrected chi connectivity index (χ4v) is 3.16. The molecule has 0 spiro atoms. The van der Waals surface area contributed by atoms with Crippen molar-refractivity contribution < 1.29 is 0 Å². The molecule has 2 aromatic rings. The van der Waals surface area contributed by atoms with Gasteiger partial charge in [-0.25, -0.2) is 4.98 Å². The van der Waals surface area contributed by atoms with Crippen LogP contribution in [0.5, 0.6) is 0 Å². The first kappa shape index (κ1) is 12.9. The second-order valence-electron chi connectivity index (χ2n) is 5.62. The zero-order chi connectivity index (χ0) is 13.4. The Labute approximate surface area is 119 Å². The maximum atomic E-state index is 6.07. The molecule has 1 unspecified atom stereocenters. The summed E-state index contributed by atoms with van der Waals surface area (Å²) in [6.45, 7) is 5.56. The molecule has 1 N–H and O–H groups in total. The molecule has 102 valence electrons. The van der Waals surface area contributed by atoms with E-state index in [1.54, 1.807) is 0 Å². The fraction of sp³-hybridized carbons (Fsp3) is 0.533. The molecular formula is C15H20ClN3. The average molecular weight is 278 g/mol. The third kappa shape index (κ3) is 2.49. The summed E-state index contributed by atoms with van der Waals surface area (Å²) in [6.07, 6.45) is 3.53.